The normalized spacial score (nSPS) is 8.08. The van der Waals surface area contributed by atoms with Gasteiger partial charge in [-0.3, -0.25) is 0 Å². The molecule has 0 saturated carbocycles. The third-order valence-electron chi connectivity index (χ3n) is 1.51. The zero-order valence-corrected chi connectivity index (χ0v) is 7.96. The van der Waals surface area contributed by atoms with E-state index in [0.29, 0.717) is 0 Å². The summed E-state index contributed by atoms with van der Waals surface area (Å²) >= 11 is 0. The fraction of sp³-hybridized carbons (Fsp3) is 0.182. The van der Waals surface area contributed by atoms with Crippen LogP contribution in [-0.2, 0) is 6.42 Å². The van der Waals surface area contributed by atoms with E-state index in [4.69, 9.17) is 11.1 Å². The van der Waals surface area contributed by atoms with Crippen LogP contribution in [-0.4, -0.2) is 6.21 Å². The molecule has 0 bridgehead atoms. The zero-order chi connectivity index (χ0) is 10.1. The summed E-state index contributed by atoms with van der Waals surface area (Å²) in [5.74, 6) is 0. The van der Waals surface area contributed by atoms with Gasteiger partial charge in [-0.05, 0) is 24.1 Å². The average molecular weight is 176 g/mol. The monoisotopic (exact) mass is 176 g/mol. The van der Waals surface area contributed by atoms with Crippen molar-refractivity contribution in [1.29, 1.82) is 5.41 Å². The summed E-state index contributed by atoms with van der Waals surface area (Å²) in [4.78, 5) is 0. The molecule has 1 aromatic rings. The molecule has 0 fully saturated rings. The molecule has 0 aromatic heterocycles. The van der Waals surface area contributed by atoms with E-state index >= 15 is 0 Å². The van der Waals surface area contributed by atoms with Gasteiger partial charge in [-0.1, -0.05) is 31.7 Å². The summed E-state index contributed by atoms with van der Waals surface area (Å²) in [6.07, 6.45) is 3.64. The van der Waals surface area contributed by atoms with Gasteiger partial charge in [0.05, 0.1) is 0 Å². The Hall–Kier alpha value is -1.57. The van der Waals surface area contributed by atoms with Gasteiger partial charge in [0.1, 0.15) is 0 Å². The van der Waals surface area contributed by atoms with E-state index < -0.39 is 0 Å². The molecule has 2 nitrogen and oxygen atoms in total. The number of allylic oxidation sites excluding steroid dienone is 1. The van der Waals surface area contributed by atoms with Crippen LogP contribution < -0.4 is 5.73 Å². The predicted octanol–water partition coefficient (Wildman–Crippen LogP) is 2.65. The molecule has 2 heteroatoms. The van der Waals surface area contributed by atoms with Crippen molar-refractivity contribution >= 4 is 11.9 Å². The van der Waals surface area contributed by atoms with Crippen LogP contribution in [0.3, 0.4) is 0 Å². The molecular weight excluding hydrogens is 160 g/mol. The lowest BCUT2D eigenvalue weighted by molar-refractivity contribution is 1.14. The zero-order valence-electron chi connectivity index (χ0n) is 7.96. The van der Waals surface area contributed by atoms with Crippen molar-refractivity contribution in [2.24, 2.45) is 0 Å². The summed E-state index contributed by atoms with van der Waals surface area (Å²) in [7, 11) is 0. The highest BCUT2D eigenvalue weighted by Crippen LogP contribution is 2.04. The predicted molar refractivity (Wildman–Crippen MR) is 59.2 cm³/mol. The molecule has 1 aromatic carbocycles. The molecule has 0 aliphatic heterocycles. The second-order valence-electron chi connectivity index (χ2n) is 2.50. The molecule has 70 valence electrons. The molecule has 0 aliphatic carbocycles. The van der Waals surface area contributed by atoms with Crippen molar-refractivity contribution in [3.63, 3.8) is 0 Å². The van der Waals surface area contributed by atoms with Gasteiger partial charge < -0.3 is 11.1 Å². The lowest BCUT2D eigenvalue weighted by Crippen LogP contribution is -1.84. The maximum atomic E-state index is 6.21. The van der Waals surface area contributed by atoms with Gasteiger partial charge in [-0.15, -0.1) is 0 Å². The van der Waals surface area contributed by atoms with Crippen LogP contribution in [0.25, 0.3) is 0 Å². The Labute approximate surface area is 79.6 Å². The Morgan fingerprint density at radius 3 is 2.15 bits per heavy atom. The maximum Gasteiger partial charge on any atom is 0.0314 e. The van der Waals surface area contributed by atoms with E-state index in [-0.39, 0.29) is 0 Å². The van der Waals surface area contributed by atoms with Crippen LogP contribution in [0, 0.1) is 5.41 Å². The van der Waals surface area contributed by atoms with Crippen LogP contribution in [0.1, 0.15) is 12.5 Å². The molecule has 0 spiro atoms. The minimum atomic E-state index is 0.840. The number of aryl methyl sites for hydroxylation is 1. The first-order chi connectivity index (χ1) is 6.24. The molecule has 0 radical (unpaired) electrons. The summed E-state index contributed by atoms with van der Waals surface area (Å²) in [5, 5.41) is 6.21. The first-order valence-electron chi connectivity index (χ1n) is 4.20. The average Bonchev–Trinajstić information content (AvgIpc) is 2.19. The fourth-order valence-electron chi connectivity index (χ4n) is 0.753. The summed E-state index contributed by atoms with van der Waals surface area (Å²) in [6, 6.07) is 7.96. The highest BCUT2D eigenvalue weighted by molar-refractivity contribution is 5.66. The molecule has 0 aliphatic rings. The molecule has 0 heterocycles. The van der Waals surface area contributed by atoms with E-state index in [1.807, 2.05) is 12.1 Å². The molecule has 3 N–H and O–H groups in total. The van der Waals surface area contributed by atoms with Gasteiger partial charge in [0.25, 0.3) is 0 Å². The molecule has 13 heavy (non-hydrogen) atoms. The second kappa shape index (κ2) is 7.10. The minimum absolute atomic E-state index is 0.840. The Morgan fingerprint density at radius 1 is 1.38 bits per heavy atom. The molecule has 0 amide bonds. The van der Waals surface area contributed by atoms with E-state index in [2.05, 4.69) is 25.6 Å². The number of hydrogen-bond acceptors (Lipinski definition) is 2. The first kappa shape index (κ1) is 11.4. The summed E-state index contributed by atoms with van der Waals surface area (Å²) in [6.45, 7) is 5.37. The molecular formula is C11H16N2. The third-order valence-corrected chi connectivity index (χ3v) is 1.51. The number of nitrogens with two attached hydrogens (primary N) is 1. The Morgan fingerprint density at radius 2 is 1.85 bits per heavy atom. The molecule has 0 saturated heterocycles. The minimum Gasteiger partial charge on any atom is -0.399 e. The van der Waals surface area contributed by atoms with E-state index in [1.54, 1.807) is 0 Å². The van der Waals surface area contributed by atoms with Gasteiger partial charge in [0.15, 0.2) is 0 Å². The fourth-order valence-corrected chi connectivity index (χ4v) is 0.753. The number of benzene rings is 1. The molecule has 1 rings (SSSR count). The highest BCUT2D eigenvalue weighted by atomic mass is 14.5. The SMILES string of the molecule is C=CC=N.CCc1ccc(N)cc1. The van der Waals surface area contributed by atoms with Crippen molar-refractivity contribution in [2.45, 2.75) is 13.3 Å². The second-order valence-corrected chi connectivity index (χ2v) is 2.50. The first-order valence-corrected chi connectivity index (χ1v) is 4.20. The lowest BCUT2D eigenvalue weighted by atomic mass is 10.2. The topological polar surface area (TPSA) is 49.9 Å². The number of rotatable bonds is 2. The number of anilines is 1. The van der Waals surface area contributed by atoms with Gasteiger partial charge in [-0.2, -0.15) is 0 Å². The smallest absolute Gasteiger partial charge is 0.0314 e. The van der Waals surface area contributed by atoms with Crippen LogP contribution in [0.4, 0.5) is 5.69 Å². The van der Waals surface area contributed by atoms with Crippen LogP contribution in [0.5, 0.6) is 0 Å². The highest BCUT2D eigenvalue weighted by Gasteiger charge is 1.85. The Kier molecular flexibility index (Phi) is 6.24. The third kappa shape index (κ3) is 5.67. The molecule has 0 atom stereocenters. The maximum absolute atomic E-state index is 6.21. The largest absolute Gasteiger partial charge is 0.399 e. The van der Waals surface area contributed by atoms with Crippen molar-refractivity contribution in [1.82, 2.24) is 0 Å². The quantitative estimate of drug-likeness (QED) is 0.528. The Bertz CT molecular complexity index is 243. The van der Waals surface area contributed by atoms with E-state index in [9.17, 15) is 0 Å². The number of nitrogens with one attached hydrogen (secondary N) is 1. The van der Waals surface area contributed by atoms with E-state index in [1.165, 1.54) is 11.6 Å². The standard InChI is InChI=1S/C8H11N.C3H5N/c1-2-7-3-5-8(9)6-4-7;1-2-3-4/h3-6H,2,9H2,1H3;2-4H,1H2. The van der Waals surface area contributed by atoms with Crippen LogP contribution in [0.15, 0.2) is 36.9 Å². The van der Waals surface area contributed by atoms with Gasteiger partial charge in [0, 0.05) is 11.9 Å². The van der Waals surface area contributed by atoms with E-state index in [0.717, 1.165) is 18.3 Å². The number of hydrogen-bond donors (Lipinski definition) is 2. The summed E-state index contributed by atoms with van der Waals surface area (Å²) in [5.41, 5.74) is 7.66. The van der Waals surface area contributed by atoms with Crippen molar-refractivity contribution in [3.8, 4) is 0 Å². The summed E-state index contributed by atoms with van der Waals surface area (Å²) < 4.78 is 0. The van der Waals surface area contributed by atoms with Gasteiger partial charge in [0.2, 0.25) is 0 Å². The Balaban J connectivity index is 0.000000310. The van der Waals surface area contributed by atoms with Crippen molar-refractivity contribution < 1.29 is 0 Å². The van der Waals surface area contributed by atoms with Crippen molar-refractivity contribution in [2.75, 3.05) is 5.73 Å². The van der Waals surface area contributed by atoms with Gasteiger partial charge in [-0.25, -0.2) is 0 Å². The van der Waals surface area contributed by atoms with Gasteiger partial charge >= 0.3 is 0 Å². The lowest BCUT2D eigenvalue weighted by Gasteiger charge is -1.94. The van der Waals surface area contributed by atoms with Crippen LogP contribution in [0.2, 0.25) is 0 Å². The number of nitrogen functional groups attached to an aromatic ring is 1. The van der Waals surface area contributed by atoms with Crippen LogP contribution >= 0.6 is 0 Å². The van der Waals surface area contributed by atoms with Crippen molar-refractivity contribution in [3.05, 3.63) is 42.5 Å². The molecule has 0 unspecified atom stereocenters.